The molecule has 0 radical (unpaired) electrons. The molecule has 2 rings (SSSR count). The van der Waals surface area contributed by atoms with E-state index in [1.165, 1.54) is 24.9 Å². The molecule has 0 aromatic heterocycles. The molecule has 1 aromatic rings. The van der Waals surface area contributed by atoms with E-state index < -0.39 is 0 Å². The Morgan fingerprint density at radius 3 is 2.29 bits per heavy atom. The highest BCUT2D eigenvalue weighted by Gasteiger charge is 2.28. The molecule has 1 saturated heterocycles. The van der Waals surface area contributed by atoms with Gasteiger partial charge in [-0.3, -0.25) is 4.90 Å². The predicted molar refractivity (Wildman–Crippen MR) is 90.7 cm³/mol. The zero-order chi connectivity index (χ0) is 15.4. The molecule has 1 fully saturated rings. The molecule has 118 valence electrons. The van der Waals surface area contributed by atoms with Crippen LogP contribution in [0.3, 0.4) is 0 Å². The third kappa shape index (κ3) is 4.68. The van der Waals surface area contributed by atoms with E-state index in [9.17, 15) is 0 Å². The fraction of sp³-hybridized carbons (Fsp3) is 0.647. The number of hydrogen-bond donors (Lipinski definition) is 1. The lowest BCUT2D eigenvalue weighted by Crippen LogP contribution is -2.44. The van der Waals surface area contributed by atoms with Crippen molar-refractivity contribution in [2.45, 2.75) is 31.8 Å². The molecule has 1 aromatic carbocycles. The smallest absolute Gasteiger partial charge is 0.0496 e. The molecule has 0 saturated carbocycles. The molecule has 0 amide bonds. The van der Waals surface area contributed by atoms with Crippen molar-refractivity contribution < 1.29 is 0 Å². The average Bonchev–Trinajstić information content (AvgIpc) is 2.42. The van der Waals surface area contributed by atoms with Crippen LogP contribution in [0.1, 0.15) is 31.4 Å². The third-order valence-corrected chi connectivity index (χ3v) is 4.63. The number of nitrogens with two attached hydrogens (primary N) is 1. The number of halogens is 1. The van der Waals surface area contributed by atoms with Gasteiger partial charge in [-0.25, -0.2) is 0 Å². The van der Waals surface area contributed by atoms with Gasteiger partial charge in [-0.15, -0.1) is 0 Å². The van der Waals surface area contributed by atoms with Crippen molar-refractivity contribution in [3.05, 3.63) is 34.9 Å². The Labute approximate surface area is 134 Å². The summed E-state index contributed by atoms with van der Waals surface area (Å²) < 4.78 is 0. The molecule has 0 bridgehead atoms. The van der Waals surface area contributed by atoms with Crippen LogP contribution >= 0.6 is 11.6 Å². The van der Waals surface area contributed by atoms with Crippen molar-refractivity contribution in [3.63, 3.8) is 0 Å². The van der Waals surface area contributed by atoms with Gasteiger partial charge < -0.3 is 10.6 Å². The summed E-state index contributed by atoms with van der Waals surface area (Å²) in [6, 6.07) is 8.57. The van der Waals surface area contributed by atoms with Gasteiger partial charge in [-0.05, 0) is 70.6 Å². The van der Waals surface area contributed by atoms with Crippen LogP contribution in [-0.2, 0) is 0 Å². The maximum Gasteiger partial charge on any atom is 0.0496 e. The lowest BCUT2D eigenvalue weighted by atomic mass is 9.92. The normalized spacial score (nSPS) is 20.7. The van der Waals surface area contributed by atoms with Gasteiger partial charge in [-0.2, -0.15) is 0 Å². The highest BCUT2D eigenvalue weighted by Crippen LogP contribution is 2.29. The highest BCUT2D eigenvalue weighted by atomic mass is 35.5. The lowest BCUT2D eigenvalue weighted by Gasteiger charge is -2.40. The summed E-state index contributed by atoms with van der Waals surface area (Å²) in [5, 5.41) is 0.784. The Kier molecular flexibility index (Phi) is 6.06. The van der Waals surface area contributed by atoms with E-state index in [-0.39, 0.29) is 6.04 Å². The number of likely N-dealkylation sites (tertiary alicyclic amines) is 1. The number of nitrogens with zero attached hydrogens (tertiary/aromatic N) is 2. The molecule has 1 aliphatic rings. The number of piperidine rings is 1. The second-order valence-electron chi connectivity index (χ2n) is 6.60. The Morgan fingerprint density at radius 2 is 1.81 bits per heavy atom. The fourth-order valence-corrected chi connectivity index (χ4v) is 3.56. The van der Waals surface area contributed by atoms with Crippen LogP contribution in [0.15, 0.2) is 24.3 Å². The molecule has 2 unspecified atom stereocenters. The quantitative estimate of drug-likeness (QED) is 0.907. The Hall–Kier alpha value is -0.610. The minimum atomic E-state index is 0.122. The number of benzene rings is 1. The molecule has 4 heteroatoms. The molecular weight excluding hydrogens is 282 g/mol. The van der Waals surface area contributed by atoms with Crippen molar-refractivity contribution >= 4 is 11.6 Å². The van der Waals surface area contributed by atoms with Crippen molar-refractivity contribution in [1.82, 2.24) is 9.80 Å². The fourth-order valence-electron chi connectivity index (χ4n) is 3.44. The van der Waals surface area contributed by atoms with Gasteiger partial charge in [0.2, 0.25) is 0 Å². The van der Waals surface area contributed by atoms with Crippen LogP contribution in [0.5, 0.6) is 0 Å². The molecule has 0 aliphatic carbocycles. The van der Waals surface area contributed by atoms with E-state index in [1.54, 1.807) is 0 Å². The summed E-state index contributed by atoms with van der Waals surface area (Å²) in [5.41, 5.74) is 7.55. The van der Waals surface area contributed by atoms with Crippen LogP contribution in [0.25, 0.3) is 0 Å². The summed E-state index contributed by atoms with van der Waals surface area (Å²) in [6.07, 6.45) is 2.52. The number of rotatable bonds is 5. The SMILES string of the molecule is CC(N)C(c1ccc(Cl)cc1)N1CCC(CN(C)C)CC1. The second kappa shape index (κ2) is 7.59. The Morgan fingerprint density at radius 1 is 1.24 bits per heavy atom. The van der Waals surface area contributed by atoms with Crippen molar-refractivity contribution in [1.29, 1.82) is 0 Å². The van der Waals surface area contributed by atoms with E-state index in [0.717, 1.165) is 24.0 Å². The second-order valence-corrected chi connectivity index (χ2v) is 7.03. The van der Waals surface area contributed by atoms with Gasteiger partial charge in [0.15, 0.2) is 0 Å². The van der Waals surface area contributed by atoms with Gasteiger partial charge in [0, 0.05) is 23.7 Å². The van der Waals surface area contributed by atoms with Crippen LogP contribution < -0.4 is 5.73 Å². The molecule has 2 N–H and O–H groups in total. The first-order chi connectivity index (χ1) is 9.97. The first kappa shape index (κ1) is 16.8. The first-order valence-corrected chi connectivity index (χ1v) is 8.25. The minimum absolute atomic E-state index is 0.122. The molecular formula is C17H28ClN3. The van der Waals surface area contributed by atoms with Gasteiger partial charge >= 0.3 is 0 Å². The van der Waals surface area contributed by atoms with Gasteiger partial charge in [0.1, 0.15) is 0 Å². The van der Waals surface area contributed by atoms with E-state index in [0.29, 0.717) is 6.04 Å². The van der Waals surface area contributed by atoms with Gasteiger partial charge in [-0.1, -0.05) is 23.7 Å². The van der Waals surface area contributed by atoms with E-state index in [2.05, 4.69) is 43.0 Å². The molecule has 1 aliphatic heterocycles. The summed E-state index contributed by atoms with van der Waals surface area (Å²) >= 11 is 6.00. The highest BCUT2D eigenvalue weighted by molar-refractivity contribution is 6.30. The van der Waals surface area contributed by atoms with E-state index in [1.807, 2.05) is 12.1 Å². The summed E-state index contributed by atoms with van der Waals surface area (Å²) in [4.78, 5) is 4.84. The molecule has 21 heavy (non-hydrogen) atoms. The maximum absolute atomic E-state index is 6.27. The standard InChI is InChI=1S/C17H28ClN3/c1-13(19)17(15-4-6-16(18)7-5-15)21-10-8-14(9-11-21)12-20(2)3/h4-7,13-14,17H,8-12,19H2,1-3H3. The van der Waals surface area contributed by atoms with Crippen molar-refractivity contribution in [2.75, 3.05) is 33.7 Å². The molecule has 3 nitrogen and oxygen atoms in total. The topological polar surface area (TPSA) is 32.5 Å². The van der Waals surface area contributed by atoms with Crippen LogP contribution in [0, 0.1) is 5.92 Å². The van der Waals surface area contributed by atoms with Crippen molar-refractivity contribution in [2.24, 2.45) is 11.7 Å². The molecule has 1 heterocycles. The minimum Gasteiger partial charge on any atom is -0.326 e. The summed E-state index contributed by atoms with van der Waals surface area (Å²) in [7, 11) is 4.32. The largest absolute Gasteiger partial charge is 0.326 e. The van der Waals surface area contributed by atoms with E-state index >= 15 is 0 Å². The first-order valence-electron chi connectivity index (χ1n) is 7.87. The van der Waals surface area contributed by atoms with Crippen LogP contribution in [-0.4, -0.2) is 49.6 Å². The van der Waals surface area contributed by atoms with E-state index in [4.69, 9.17) is 17.3 Å². The number of hydrogen-bond acceptors (Lipinski definition) is 3. The summed E-state index contributed by atoms with van der Waals surface area (Å²) in [5.74, 6) is 0.815. The molecule has 2 atom stereocenters. The zero-order valence-corrected chi connectivity index (χ0v) is 14.2. The maximum atomic E-state index is 6.27. The Bertz CT molecular complexity index is 422. The average molecular weight is 310 g/mol. The summed E-state index contributed by atoms with van der Waals surface area (Å²) in [6.45, 7) is 5.56. The van der Waals surface area contributed by atoms with Crippen LogP contribution in [0.2, 0.25) is 5.02 Å². The van der Waals surface area contributed by atoms with Gasteiger partial charge in [0.25, 0.3) is 0 Å². The lowest BCUT2D eigenvalue weighted by molar-refractivity contribution is 0.108. The third-order valence-electron chi connectivity index (χ3n) is 4.38. The zero-order valence-electron chi connectivity index (χ0n) is 13.4. The predicted octanol–water partition coefficient (Wildman–Crippen LogP) is 3.00. The molecule has 0 spiro atoms. The van der Waals surface area contributed by atoms with Crippen molar-refractivity contribution in [3.8, 4) is 0 Å². The monoisotopic (exact) mass is 309 g/mol. The van der Waals surface area contributed by atoms with Gasteiger partial charge in [0.05, 0.1) is 0 Å². The van der Waals surface area contributed by atoms with Crippen LogP contribution in [0.4, 0.5) is 0 Å². The Balaban J connectivity index is 2.02.